The van der Waals surface area contributed by atoms with Gasteiger partial charge in [-0.05, 0) is 27.7 Å². The van der Waals surface area contributed by atoms with E-state index in [9.17, 15) is 14.5 Å². The molecule has 0 aliphatic heterocycles. The monoisotopic (exact) mass is 240 g/mol. The molecule has 0 rings (SSSR count). The first-order chi connectivity index (χ1) is 6.35. The average molecular weight is 240 g/mol. The zero-order chi connectivity index (χ0) is 12.5. The van der Waals surface area contributed by atoms with Crippen molar-refractivity contribution in [3.8, 4) is 0 Å². The maximum atomic E-state index is 11.2. The van der Waals surface area contributed by atoms with Crippen LogP contribution < -0.4 is 0 Å². The van der Waals surface area contributed by atoms with Gasteiger partial charge in [-0.3, -0.25) is 9.36 Å². The maximum absolute atomic E-state index is 11.2. The molecule has 15 heavy (non-hydrogen) atoms. The molecule has 0 aliphatic carbocycles. The van der Waals surface area contributed by atoms with Crippen molar-refractivity contribution in [2.45, 2.75) is 45.1 Å². The zero-order valence-corrected chi connectivity index (χ0v) is 10.1. The van der Waals surface area contributed by atoms with Crippen LogP contribution in [0.5, 0.6) is 0 Å². The van der Waals surface area contributed by atoms with Gasteiger partial charge in [-0.2, -0.15) is 0 Å². The molecule has 0 aromatic carbocycles. The molecule has 0 bridgehead atoms. The highest BCUT2D eigenvalue weighted by Gasteiger charge is 2.43. The van der Waals surface area contributed by atoms with Crippen LogP contribution in [-0.2, 0) is 14.1 Å². The number of esters is 1. The molecule has 0 aromatic rings. The lowest BCUT2D eigenvalue weighted by molar-refractivity contribution is -0.158. The Labute approximate surface area is 88.4 Å². The van der Waals surface area contributed by atoms with Crippen LogP contribution in [0, 0.1) is 0 Å². The third kappa shape index (κ3) is 5.28. The Hall–Kier alpha value is -0.420. The number of carbonyl (C=O) groups is 1. The molecule has 1 unspecified atom stereocenters. The van der Waals surface area contributed by atoms with Crippen molar-refractivity contribution in [1.29, 1.82) is 0 Å². The van der Waals surface area contributed by atoms with Crippen molar-refractivity contribution >= 4 is 13.6 Å². The lowest BCUT2D eigenvalue weighted by atomic mass is 10.2. The summed E-state index contributed by atoms with van der Waals surface area (Å²) in [5, 5.41) is 6.97. The Morgan fingerprint density at radius 3 is 1.93 bits per heavy atom. The second-order valence-corrected chi connectivity index (χ2v) is 6.58. The summed E-state index contributed by atoms with van der Waals surface area (Å²) < 4.78 is 15.6. The third-order valence-corrected chi connectivity index (χ3v) is 2.94. The minimum Gasteiger partial charge on any atom is -0.460 e. The molecule has 7 heteroatoms. The Kier molecular flexibility index (Phi) is 4.10. The first-order valence-corrected chi connectivity index (χ1v) is 5.96. The molecular formula is C8H17O6P. The van der Waals surface area contributed by atoms with Crippen molar-refractivity contribution in [3.05, 3.63) is 0 Å². The Morgan fingerprint density at radius 2 is 1.67 bits per heavy atom. The van der Waals surface area contributed by atoms with Crippen molar-refractivity contribution in [2.24, 2.45) is 0 Å². The normalized spacial score (nSPS) is 17.0. The molecule has 0 aromatic heterocycles. The van der Waals surface area contributed by atoms with Gasteiger partial charge in [-0.15, -0.1) is 0 Å². The molecule has 90 valence electrons. The van der Waals surface area contributed by atoms with E-state index in [1.807, 2.05) is 0 Å². The molecule has 0 fully saturated rings. The van der Waals surface area contributed by atoms with Crippen LogP contribution >= 0.6 is 7.60 Å². The van der Waals surface area contributed by atoms with Gasteiger partial charge in [0.1, 0.15) is 5.60 Å². The number of ether oxygens (including phenoxy) is 1. The fourth-order valence-corrected chi connectivity index (χ4v) is 1.09. The summed E-state index contributed by atoms with van der Waals surface area (Å²) in [6.07, 6.45) is -0.742. The van der Waals surface area contributed by atoms with Crippen molar-refractivity contribution in [3.63, 3.8) is 0 Å². The molecule has 0 saturated heterocycles. The number of aliphatic hydroxyl groups is 1. The van der Waals surface area contributed by atoms with Crippen molar-refractivity contribution < 1.29 is 29.0 Å². The van der Waals surface area contributed by atoms with Crippen LogP contribution in [0.3, 0.4) is 0 Å². The molecule has 0 radical (unpaired) electrons. The topological polar surface area (TPSA) is 104 Å². The Balaban J connectivity index is 4.50. The number of carbonyl (C=O) groups excluding carboxylic acids is 1. The van der Waals surface area contributed by atoms with E-state index in [2.05, 4.69) is 0 Å². The highest BCUT2D eigenvalue weighted by Crippen LogP contribution is 2.50. The molecule has 3 N–H and O–H groups in total. The van der Waals surface area contributed by atoms with E-state index in [-0.39, 0.29) is 0 Å². The lowest BCUT2D eigenvalue weighted by Gasteiger charge is -2.26. The largest absolute Gasteiger partial charge is 0.460 e. The minimum atomic E-state index is -4.73. The third-order valence-electron chi connectivity index (χ3n) is 1.53. The SMILES string of the molecule is CC(C)(C)OC(=O)CC(C)(O)P(=O)(O)O. The van der Waals surface area contributed by atoms with Crippen LogP contribution in [0.4, 0.5) is 0 Å². The lowest BCUT2D eigenvalue weighted by Crippen LogP contribution is -2.32. The van der Waals surface area contributed by atoms with Gasteiger partial charge in [0.15, 0.2) is 5.34 Å². The highest BCUT2D eigenvalue weighted by molar-refractivity contribution is 7.53. The maximum Gasteiger partial charge on any atom is 0.357 e. The van der Waals surface area contributed by atoms with Gasteiger partial charge < -0.3 is 19.6 Å². The molecule has 0 amide bonds. The fraction of sp³-hybridized carbons (Fsp3) is 0.875. The first-order valence-electron chi connectivity index (χ1n) is 4.35. The number of hydrogen-bond acceptors (Lipinski definition) is 4. The van der Waals surface area contributed by atoms with Gasteiger partial charge in [-0.1, -0.05) is 0 Å². The van der Waals surface area contributed by atoms with Gasteiger partial charge in [0, 0.05) is 0 Å². The molecule has 0 spiro atoms. The smallest absolute Gasteiger partial charge is 0.357 e. The van der Waals surface area contributed by atoms with Gasteiger partial charge >= 0.3 is 13.6 Å². The second kappa shape index (κ2) is 4.22. The summed E-state index contributed by atoms with van der Waals surface area (Å²) in [6.45, 7) is 5.77. The summed E-state index contributed by atoms with van der Waals surface area (Å²) in [5.74, 6) is -0.851. The molecule has 0 heterocycles. The van der Waals surface area contributed by atoms with Crippen LogP contribution in [0.25, 0.3) is 0 Å². The van der Waals surface area contributed by atoms with Gasteiger partial charge in [0.05, 0.1) is 6.42 Å². The van der Waals surface area contributed by atoms with Gasteiger partial charge in [0.25, 0.3) is 0 Å². The van der Waals surface area contributed by atoms with Crippen LogP contribution in [0.2, 0.25) is 0 Å². The van der Waals surface area contributed by atoms with E-state index < -0.39 is 30.9 Å². The molecule has 6 nitrogen and oxygen atoms in total. The Bertz CT molecular complexity index is 284. The van der Waals surface area contributed by atoms with Crippen LogP contribution in [-0.4, -0.2) is 31.8 Å². The predicted molar refractivity (Wildman–Crippen MR) is 53.1 cm³/mol. The first kappa shape index (κ1) is 14.6. The molecule has 1 atom stereocenters. The minimum absolute atomic E-state index is 0.742. The van der Waals surface area contributed by atoms with Crippen molar-refractivity contribution in [1.82, 2.24) is 0 Å². The van der Waals surface area contributed by atoms with Gasteiger partial charge in [-0.25, -0.2) is 0 Å². The van der Waals surface area contributed by atoms with Gasteiger partial charge in [0.2, 0.25) is 0 Å². The van der Waals surface area contributed by atoms with Crippen LogP contribution in [0.1, 0.15) is 34.1 Å². The van der Waals surface area contributed by atoms with E-state index >= 15 is 0 Å². The number of hydrogen-bond donors (Lipinski definition) is 3. The van der Waals surface area contributed by atoms with E-state index in [0.29, 0.717) is 0 Å². The quantitative estimate of drug-likeness (QED) is 0.493. The van der Waals surface area contributed by atoms with E-state index in [1.54, 1.807) is 20.8 Å². The molecule has 0 saturated carbocycles. The van der Waals surface area contributed by atoms with E-state index in [4.69, 9.17) is 14.5 Å². The Morgan fingerprint density at radius 1 is 1.27 bits per heavy atom. The predicted octanol–water partition coefficient (Wildman–Crippen LogP) is 0.604. The zero-order valence-electron chi connectivity index (χ0n) is 9.22. The number of rotatable bonds is 3. The van der Waals surface area contributed by atoms with Crippen molar-refractivity contribution in [2.75, 3.05) is 0 Å². The standard InChI is InChI=1S/C8H17O6P/c1-7(2,3)14-6(9)5-8(4,10)15(11,12)13/h10H,5H2,1-4H3,(H2,11,12,13). The summed E-state index contributed by atoms with van der Waals surface area (Å²) in [7, 11) is -4.73. The second-order valence-electron chi connectivity index (χ2n) is 4.52. The summed E-state index contributed by atoms with van der Waals surface area (Å²) in [4.78, 5) is 28.7. The summed E-state index contributed by atoms with van der Waals surface area (Å²) >= 11 is 0. The summed E-state index contributed by atoms with van der Waals surface area (Å²) in [5.41, 5.74) is -0.748. The van der Waals surface area contributed by atoms with Crippen LogP contribution in [0.15, 0.2) is 0 Å². The van der Waals surface area contributed by atoms with E-state index in [1.165, 1.54) is 0 Å². The molecular weight excluding hydrogens is 223 g/mol. The fourth-order valence-electron chi connectivity index (χ4n) is 0.754. The highest BCUT2D eigenvalue weighted by atomic mass is 31.2. The molecule has 0 aliphatic rings. The van der Waals surface area contributed by atoms with E-state index in [0.717, 1.165) is 6.92 Å². The average Bonchev–Trinajstić information content (AvgIpc) is 1.75. The summed E-state index contributed by atoms with van der Waals surface area (Å²) in [6, 6.07) is 0.